The SMILES string of the molecule is COc1cc(-c2n[nH]c(-c3cc(C)c(C4CCN(CCS(C)(=O)=O)CC4)cn3)c2C(C)C)cn2ncnc12. The molecule has 0 unspecified atom stereocenters. The predicted molar refractivity (Wildman–Crippen MR) is 147 cm³/mol. The number of aromatic amines is 1. The summed E-state index contributed by atoms with van der Waals surface area (Å²) in [5, 5.41) is 12.2. The predicted octanol–water partition coefficient (Wildman–Crippen LogP) is 3.85. The van der Waals surface area contributed by atoms with E-state index in [0.29, 0.717) is 23.9 Å². The highest BCUT2D eigenvalue weighted by Crippen LogP contribution is 2.38. The number of ether oxygens (including phenoxy) is 1. The fraction of sp³-hybridized carbons (Fsp3) is 0.481. The Kier molecular flexibility index (Phi) is 7.23. The van der Waals surface area contributed by atoms with Crippen LogP contribution in [0.4, 0.5) is 0 Å². The normalized spacial score (nSPS) is 15.5. The van der Waals surface area contributed by atoms with Crippen LogP contribution in [0.2, 0.25) is 0 Å². The number of hydrogen-bond acceptors (Lipinski definition) is 8. The standard InChI is InChI=1S/C27H35N7O3S/c1-17(2)24-25(20-13-23(37-4)27-29-16-30-34(27)15-20)31-32-26(24)22-12-18(3)21(14-28-22)19-6-8-33(9-7-19)10-11-38(5,35)36/h12-17,19H,6-11H2,1-5H3,(H,31,32). The van der Waals surface area contributed by atoms with E-state index in [1.807, 2.05) is 18.5 Å². The molecular weight excluding hydrogens is 502 g/mol. The first-order valence-corrected chi connectivity index (χ1v) is 15.0. The minimum atomic E-state index is -2.94. The van der Waals surface area contributed by atoms with Crippen molar-refractivity contribution in [3.05, 3.63) is 47.5 Å². The van der Waals surface area contributed by atoms with E-state index in [2.05, 4.69) is 46.9 Å². The number of sulfone groups is 1. The molecule has 1 aliphatic rings. The molecule has 38 heavy (non-hydrogen) atoms. The summed E-state index contributed by atoms with van der Waals surface area (Å²) in [5.74, 6) is 1.49. The molecule has 1 aliphatic heterocycles. The summed E-state index contributed by atoms with van der Waals surface area (Å²) in [5.41, 5.74) is 7.74. The third-order valence-electron chi connectivity index (χ3n) is 7.43. The number of fused-ring (bicyclic) bond motifs is 1. The zero-order valence-electron chi connectivity index (χ0n) is 22.6. The molecule has 0 atom stereocenters. The molecule has 0 radical (unpaired) electrons. The topological polar surface area (TPSA) is 118 Å². The Morgan fingerprint density at radius 1 is 1.18 bits per heavy atom. The van der Waals surface area contributed by atoms with Gasteiger partial charge in [0.25, 0.3) is 0 Å². The number of likely N-dealkylation sites (tertiary alicyclic amines) is 1. The van der Waals surface area contributed by atoms with E-state index in [1.165, 1.54) is 23.7 Å². The lowest BCUT2D eigenvalue weighted by atomic mass is 9.87. The fourth-order valence-corrected chi connectivity index (χ4v) is 5.99. The molecule has 0 amide bonds. The van der Waals surface area contributed by atoms with Crippen molar-refractivity contribution in [2.45, 2.75) is 45.4 Å². The van der Waals surface area contributed by atoms with Gasteiger partial charge in [-0.1, -0.05) is 13.8 Å². The first-order valence-electron chi connectivity index (χ1n) is 13.0. The molecule has 0 spiro atoms. The van der Waals surface area contributed by atoms with E-state index in [4.69, 9.17) is 14.8 Å². The second kappa shape index (κ2) is 10.5. The molecule has 0 saturated carbocycles. The van der Waals surface area contributed by atoms with E-state index in [0.717, 1.165) is 54.1 Å². The first-order chi connectivity index (χ1) is 18.1. The molecule has 1 fully saturated rings. The van der Waals surface area contributed by atoms with E-state index >= 15 is 0 Å². The number of nitrogens with zero attached hydrogens (tertiary/aromatic N) is 6. The highest BCUT2D eigenvalue weighted by molar-refractivity contribution is 7.90. The number of methoxy groups -OCH3 is 1. The van der Waals surface area contributed by atoms with Crippen LogP contribution in [-0.4, -0.2) is 81.8 Å². The number of H-pyrrole nitrogens is 1. The Morgan fingerprint density at radius 2 is 1.95 bits per heavy atom. The molecule has 1 N–H and O–H groups in total. The quantitative estimate of drug-likeness (QED) is 0.360. The third kappa shape index (κ3) is 5.30. The minimum Gasteiger partial charge on any atom is -0.493 e. The summed E-state index contributed by atoms with van der Waals surface area (Å²) >= 11 is 0. The molecule has 0 aromatic carbocycles. The number of hydrogen-bond donors (Lipinski definition) is 1. The average molecular weight is 538 g/mol. The summed E-state index contributed by atoms with van der Waals surface area (Å²) in [6, 6.07) is 4.09. The number of piperidine rings is 1. The Bertz CT molecular complexity index is 1550. The van der Waals surface area contributed by atoms with Crippen molar-refractivity contribution in [3.8, 4) is 28.4 Å². The maximum atomic E-state index is 11.5. The van der Waals surface area contributed by atoms with Crippen molar-refractivity contribution in [3.63, 3.8) is 0 Å². The number of aromatic nitrogens is 6. The zero-order valence-corrected chi connectivity index (χ0v) is 23.4. The largest absolute Gasteiger partial charge is 0.493 e. The lowest BCUT2D eigenvalue weighted by molar-refractivity contribution is 0.223. The molecule has 1 saturated heterocycles. The van der Waals surface area contributed by atoms with Crippen LogP contribution in [-0.2, 0) is 9.84 Å². The summed E-state index contributed by atoms with van der Waals surface area (Å²) in [7, 11) is -1.31. The van der Waals surface area contributed by atoms with Crippen LogP contribution in [0.25, 0.3) is 28.3 Å². The van der Waals surface area contributed by atoms with E-state index in [-0.39, 0.29) is 11.7 Å². The molecule has 5 heterocycles. The Balaban J connectivity index is 1.40. The van der Waals surface area contributed by atoms with Crippen LogP contribution in [0.1, 0.15) is 55.2 Å². The van der Waals surface area contributed by atoms with Gasteiger partial charge < -0.3 is 9.64 Å². The van der Waals surface area contributed by atoms with Gasteiger partial charge in [0.1, 0.15) is 16.2 Å². The van der Waals surface area contributed by atoms with Gasteiger partial charge in [-0.3, -0.25) is 10.1 Å². The Hall–Kier alpha value is -3.31. The van der Waals surface area contributed by atoms with Gasteiger partial charge in [0.2, 0.25) is 0 Å². The summed E-state index contributed by atoms with van der Waals surface area (Å²) in [6.07, 6.45) is 8.75. The van der Waals surface area contributed by atoms with Crippen LogP contribution >= 0.6 is 0 Å². The second-order valence-electron chi connectivity index (χ2n) is 10.5. The molecule has 4 aromatic heterocycles. The maximum absolute atomic E-state index is 11.5. The molecule has 202 valence electrons. The monoisotopic (exact) mass is 537 g/mol. The lowest BCUT2D eigenvalue weighted by Gasteiger charge is -2.32. The smallest absolute Gasteiger partial charge is 0.197 e. The van der Waals surface area contributed by atoms with Gasteiger partial charge in [0, 0.05) is 36.3 Å². The van der Waals surface area contributed by atoms with Crippen molar-refractivity contribution < 1.29 is 13.2 Å². The molecule has 0 aliphatic carbocycles. The van der Waals surface area contributed by atoms with Crippen molar-refractivity contribution >= 4 is 15.5 Å². The number of aryl methyl sites for hydroxylation is 1. The lowest BCUT2D eigenvalue weighted by Crippen LogP contribution is -2.36. The van der Waals surface area contributed by atoms with Crippen LogP contribution in [0.3, 0.4) is 0 Å². The summed E-state index contributed by atoms with van der Waals surface area (Å²) < 4.78 is 30.3. The fourth-order valence-electron chi connectivity index (χ4n) is 5.40. The van der Waals surface area contributed by atoms with Gasteiger partial charge in [-0.05, 0) is 68.0 Å². The van der Waals surface area contributed by atoms with Gasteiger partial charge in [-0.25, -0.2) is 17.9 Å². The van der Waals surface area contributed by atoms with Crippen molar-refractivity contribution in [1.82, 2.24) is 34.7 Å². The van der Waals surface area contributed by atoms with Gasteiger partial charge in [-0.15, -0.1) is 0 Å². The third-order valence-corrected chi connectivity index (χ3v) is 8.35. The van der Waals surface area contributed by atoms with Crippen LogP contribution in [0.5, 0.6) is 5.75 Å². The van der Waals surface area contributed by atoms with Crippen molar-refractivity contribution in [1.29, 1.82) is 0 Å². The summed E-state index contributed by atoms with van der Waals surface area (Å²) in [4.78, 5) is 11.4. The highest BCUT2D eigenvalue weighted by atomic mass is 32.2. The van der Waals surface area contributed by atoms with Crippen LogP contribution in [0, 0.1) is 6.92 Å². The summed E-state index contributed by atoms with van der Waals surface area (Å²) in [6.45, 7) is 8.87. The van der Waals surface area contributed by atoms with Gasteiger partial charge in [0.05, 0.1) is 29.9 Å². The molecule has 4 aromatic rings. The van der Waals surface area contributed by atoms with E-state index in [1.54, 1.807) is 11.6 Å². The Morgan fingerprint density at radius 3 is 2.61 bits per heavy atom. The minimum absolute atomic E-state index is 0.203. The first kappa shape index (κ1) is 26.3. The van der Waals surface area contributed by atoms with Gasteiger partial charge in [0.15, 0.2) is 11.4 Å². The number of nitrogens with one attached hydrogen (secondary N) is 1. The molecule has 0 bridgehead atoms. The van der Waals surface area contributed by atoms with Crippen molar-refractivity contribution in [2.24, 2.45) is 0 Å². The van der Waals surface area contributed by atoms with Crippen LogP contribution < -0.4 is 4.74 Å². The van der Waals surface area contributed by atoms with Gasteiger partial charge in [-0.2, -0.15) is 10.2 Å². The Labute approximate surface area is 223 Å². The second-order valence-corrected chi connectivity index (χ2v) is 12.8. The van der Waals surface area contributed by atoms with E-state index in [9.17, 15) is 8.42 Å². The van der Waals surface area contributed by atoms with Gasteiger partial charge >= 0.3 is 0 Å². The number of pyridine rings is 2. The molecule has 10 nitrogen and oxygen atoms in total. The maximum Gasteiger partial charge on any atom is 0.197 e. The molecule has 5 rings (SSSR count). The molecule has 11 heteroatoms. The van der Waals surface area contributed by atoms with E-state index < -0.39 is 9.84 Å². The molecular formula is C27H35N7O3S. The van der Waals surface area contributed by atoms with Crippen LogP contribution in [0.15, 0.2) is 30.9 Å². The average Bonchev–Trinajstić information content (AvgIpc) is 3.54. The zero-order chi connectivity index (χ0) is 27.0. The number of rotatable bonds is 8. The highest BCUT2D eigenvalue weighted by Gasteiger charge is 2.25. The van der Waals surface area contributed by atoms with Crippen molar-refractivity contribution in [2.75, 3.05) is 38.8 Å².